The molecule has 5 heteroatoms. The first-order chi connectivity index (χ1) is 10.6. The summed E-state index contributed by atoms with van der Waals surface area (Å²) in [6.07, 6.45) is 5.03. The largest absolute Gasteiger partial charge is 0.394 e. The molecular weight excluding hydrogens is 284 g/mol. The van der Waals surface area contributed by atoms with Crippen molar-refractivity contribution in [2.45, 2.75) is 59.0 Å². The number of hydrogen-bond acceptors (Lipinski definition) is 5. The molecule has 0 spiro atoms. The monoisotopic (exact) mass is 320 g/mol. The fraction of sp³-hybridized carbons (Fsp3) is 1.00. The van der Waals surface area contributed by atoms with Crippen LogP contribution in [0, 0.1) is 5.41 Å². The molecule has 0 aliphatic heterocycles. The minimum Gasteiger partial charge on any atom is -0.394 e. The first-order valence-corrected chi connectivity index (χ1v) is 8.57. The average Bonchev–Trinajstić information content (AvgIpc) is 2.49. The normalized spacial score (nSPS) is 13.5. The lowest BCUT2D eigenvalue weighted by Crippen LogP contribution is -2.36. The van der Waals surface area contributed by atoms with Gasteiger partial charge in [-0.05, 0) is 24.7 Å². The van der Waals surface area contributed by atoms with Gasteiger partial charge in [0.25, 0.3) is 0 Å². The Labute approximate surface area is 136 Å². The summed E-state index contributed by atoms with van der Waals surface area (Å²) in [5.41, 5.74) is -0.104. The average molecular weight is 320 g/mol. The molecule has 1 atom stereocenters. The van der Waals surface area contributed by atoms with Crippen LogP contribution in [0.5, 0.6) is 0 Å². The highest BCUT2D eigenvalue weighted by molar-refractivity contribution is 4.78. The minimum absolute atomic E-state index is 0.0131. The third kappa shape index (κ3) is 11.4. The Bertz CT molecular complexity index is 233. The predicted octanol–water partition coefficient (Wildman–Crippen LogP) is 2.39. The van der Waals surface area contributed by atoms with Crippen molar-refractivity contribution in [3.05, 3.63) is 0 Å². The number of aliphatic hydroxyl groups is 2. The maximum Gasteiger partial charge on any atom is 0.0857 e. The second-order valence-electron chi connectivity index (χ2n) is 6.29. The van der Waals surface area contributed by atoms with E-state index in [2.05, 4.69) is 20.8 Å². The smallest absolute Gasteiger partial charge is 0.0857 e. The highest BCUT2D eigenvalue weighted by Gasteiger charge is 2.29. The molecule has 5 nitrogen and oxygen atoms in total. The van der Waals surface area contributed by atoms with Crippen molar-refractivity contribution >= 4 is 0 Å². The Kier molecular flexibility index (Phi) is 14.3. The lowest BCUT2D eigenvalue weighted by molar-refractivity contribution is -0.0693. The molecule has 0 aliphatic carbocycles. The summed E-state index contributed by atoms with van der Waals surface area (Å²) in [7, 11) is 0. The SMILES string of the molecule is CCCCOCCOCCCCC(C)(C)C(CO)OCCO. The Morgan fingerprint density at radius 3 is 2.05 bits per heavy atom. The number of unbranched alkanes of at least 4 members (excludes halogenated alkanes) is 2. The molecule has 134 valence electrons. The van der Waals surface area contributed by atoms with Crippen LogP contribution >= 0.6 is 0 Å². The first kappa shape index (κ1) is 21.8. The van der Waals surface area contributed by atoms with Crippen molar-refractivity contribution in [1.29, 1.82) is 0 Å². The van der Waals surface area contributed by atoms with Crippen LogP contribution < -0.4 is 0 Å². The molecule has 0 bridgehead atoms. The molecule has 0 aromatic carbocycles. The van der Waals surface area contributed by atoms with Crippen molar-refractivity contribution in [1.82, 2.24) is 0 Å². The van der Waals surface area contributed by atoms with Crippen molar-refractivity contribution in [3.63, 3.8) is 0 Å². The summed E-state index contributed by atoms with van der Waals surface area (Å²) in [6, 6.07) is 0. The van der Waals surface area contributed by atoms with Gasteiger partial charge in [0.05, 0.1) is 39.1 Å². The molecule has 0 heterocycles. The molecule has 0 aromatic heterocycles. The zero-order valence-electron chi connectivity index (χ0n) is 14.7. The highest BCUT2D eigenvalue weighted by Crippen LogP contribution is 2.29. The molecule has 2 N–H and O–H groups in total. The predicted molar refractivity (Wildman–Crippen MR) is 88.1 cm³/mol. The topological polar surface area (TPSA) is 68.2 Å². The lowest BCUT2D eigenvalue weighted by Gasteiger charge is -2.33. The van der Waals surface area contributed by atoms with Gasteiger partial charge in [-0.2, -0.15) is 0 Å². The summed E-state index contributed by atoms with van der Waals surface area (Å²) in [5.74, 6) is 0. The Balaban J connectivity index is 3.58. The molecule has 0 saturated heterocycles. The Morgan fingerprint density at radius 1 is 0.864 bits per heavy atom. The molecule has 0 aliphatic rings. The van der Waals surface area contributed by atoms with E-state index in [1.165, 1.54) is 0 Å². The molecule has 0 radical (unpaired) electrons. The third-order valence-corrected chi connectivity index (χ3v) is 3.82. The van der Waals surface area contributed by atoms with Gasteiger partial charge < -0.3 is 24.4 Å². The first-order valence-electron chi connectivity index (χ1n) is 8.57. The van der Waals surface area contributed by atoms with E-state index in [0.29, 0.717) is 13.2 Å². The van der Waals surface area contributed by atoms with Crippen LogP contribution in [-0.2, 0) is 14.2 Å². The molecule has 0 rings (SSSR count). The number of aliphatic hydroxyl groups excluding tert-OH is 2. The summed E-state index contributed by atoms with van der Waals surface area (Å²) in [4.78, 5) is 0. The van der Waals surface area contributed by atoms with Crippen LogP contribution in [0.4, 0.5) is 0 Å². The van der Waals surface area contributed by atoms with E-state index in [-0.39, 0.29) is 31.3 Å². The molecule has 22 heavy (non-hydrogen) atoms. The molecule has 1 unspecified atom stereocenters. The van der Waals surface area contributed by atoms with Gasteiger partial charge in [-0.1, -0.05) is 33.6 Å². The third-order valence-electron chi connectivity index (χ3n) is 3.82. The number of rotatable bonds is 16. The minimum atomic E-state index is -0.229. The summed E-state index contributed by atoms with van der Waals surface area (Å²) in [6.45, 7) is 9.48. The van der Waals surface area contributed by atoms with E-state index >= 15 is 0 Å². The standard InChI is InChI=1S/C17H36O5/c1-4-5-10-20-13-14-21-11-7-6-8-17(2,3)16(15-19)22-12-9-18/h16,18-19H,4-15H2,1-3H3. The number of hydrogen-bond donors (Lipinski definition) is 2. The zero-order valence-corrected chi connectivity index (χ0v) is 14.7. The fourth-order valence-corrected chi connectivity index (χ4v) is 2.23. The maximum atomic E-state index is 9.40. The molecular formula is C17H36O5. The van der Waals surface area contributed by atoms with E-state index < -0.39 is 0 Å². The van der Waals surface area contributed by atoms with Gasteiger partial charge in [0.2, 0.25) is 0 Å². The number of ether oxygens (including phenoxy) is 3. The van der Waals surface area contributed by atoms with Crippen LogP contribution in [0.1, 0.15) is 52.9 Å². The van der Waals surface area contributed by atoms with Gasteiger partial charge >= 0.3 is 0 Å². The summed E-state index contributed by atoms with van der Waals surface area (Å²) in [5, 5.41) is 18.2. The van der Waals surface area contributed by atoms with Gasteiger partial charge in [-0.15, -0.1) is 0 Å². The van der Waals surface area contributed by atoms with Gasteiger partial charge in [0.15, 0.2) is 0 Å². The zero-order chi connectivity index (χ0) is 16.7. The van der Waals surface area contributed by atoms with Gasteiger partial charge in [-0.3, -0.25) is 0 Å². The Morgan fingerprint density at radius 2 is 1.50 bits per heavy atom. The van der Waals surface area contributed by atoms with E-state index in [1.807, 2.05) is 0 Å². The van der Waals surface area contributed by atoms with E-state index in [1.54, 1.807) is 0 Å². The molecule has 0 saturated carbocycles. The molecule has 0 fully saturated rings. The lowest BCUT2D eigenvalue weighted by atomic mass is 9.81. The Hall–Kier alpha value is -0.200. The molecule has 0 aromatic rings. The highest BCUT2D eigenvalue weighted by atomic mass is 16.5. The van der Waals surface area contributed by atoms with Crippen LogP contribution in [0.3, 0.4) is 0 Å². The van der Waals surface area contributed by atoms with Gasteiger partial charge in [-0.25, -0.2) is 0 Å². The van der Waals surface area contributed by atoms with Crippen LogP contribution in [0.25, 0.3) is 0 Å². The van der Waals surface area contributed by atoms with E-state index in [4.69, 9.17) is 19.3 Å². The maximum absolute atomic E-state index is 9.40. The van der Waals surface area contributed by atoms with Crippen LogP contribution in [0.2, 0.25) is 0 Å². The quantitative estimate of drug-likeness (QED) is 0.427. The van der Waals surface area contributed by atoms with Gasteiger partial charge in [0, 0.05) is 13.2 Å². The van der Waals surface area contributed by atoms with Crippen molar-refractivity contribution in [3.8, 4) is 0 Å². The van der Waals surface area contributed by atoms with Crippen LogP contribution in [-0.4, -0.2) is 62.6 Å². The summed E-state index contributed by atoms with van der Waals surface area (Å²) >= 11 is 0. The van der Waals surface area contributed by atoms with Crippen molar-refractivity contribution < 1.29 is 24.4 Å². The van der Waals surface area contributed by atoms with Crippen LogP contribution in [0.15, 0.2) is 0 Å². The fourth-order valence-electron chi connectivity index (χ4n) is 2.23. The van der Waals surface area contributed by atoms with E-state index in [9.17, 15) is 5.11 Å². The van der Waals surface area contributed by atoms with Crippen molar-refractivity contribution in [2.75, 3.05) is 46.2 Å². The second kappa shape index (κ2) is 14.4. The van der Waals surface area contributed by atoms with E-state index in [0.717, 1.165) is 45.3 Å². The molecule has 0 amide bonds. The van der Waals surface area contributed by atoms with Crippen molar-refractivity contribution in [2.24, 2.45) is 5.41 Å². The summed E-state index contributed by atoms with van der Waals surface area (Å²) < 4.78 is 16.5. The second-order valence-corrected chi connectivity index (χ2v) is 6.29. The van der Waals surface area contributed by atoms with Gasteiger partial charge in [0.1, 0.15) is 0 Å².